The van der Waals surface area contributed by atoms with E-state index < -0.39 is 53.5 Å². The van der Waals surface area contributed by atoms with Gasteiger partial charge in [0.15, 0.2) is 0 Å². The van der Waals surface area contributed by atoms with Crippen molar-refractivity contribution >= 4 is 52.1 Å². The number of carbonyl (C=O) groups excluding carboxylic acids is 4. The topological polar surface area (TPSA) is 167 Å². The van der Waals surface area contributed by atoms with E-state index in [-0.39, 0.29) is 30.7 Å². The third kappa shape index (κ3) is 7.37. The fourth-order valence-corrected chi connectivity index (χ4v) is 6.77. The van der Waals surface area contributed by atoms with Crippen molar-refractivity contribution in [1.29, 1.82) is 0 Å². The average molecular weight is 656 g/mol. The second kappa shape index (κ2) is 13.8. The first-order chi connectivity index (χ1) is 21.9. The maximum Gasteiger partial charge on any atom is 0.329 e. The van der Waals surface area contributed by atoms with E-state index in [1.165, 1.54) is 11.8 Å². The Balaban J connectivity index is 1.39. The molecule has 2 aliphatic carbocycles. The van der Waals surface area contributed by atoms with Crippen molar-refractivity contribution in [1.82, 2.24) is 25.8 Å². The summed E-state index contributed by atoms with van der Waals surface area (Å²) in [6.07, 6.45) is 6.29. The molecule has 4 amide bonds. The summed E-state index contributed by atoms with van der Waals surface area (Å²) in [5, 5.41) is 19.3. The van der Waals surface area contributed by atoms with Gasteiger partial charge in [-0.2, -0.15) is 0 Å². The van der Waals surface area contributed by atoms with Crippen LogP contribution in [-0.4, -0.2) is 80.9 Å². The van der Waals surface area contributed by atoms with E-state index in [0.29, 0.717) is 34.5 Å². The van der Waals surface area contributed by atoms with Crippen LogP contribution in [0.1, 0.15) is 72.1 Å². The van der Waals surface area contributed by atoms with Crippen LogP contribution in [0.5, 0.6) is 5.75 Å². The summed E-state index contributed by atoms with van der Waals surface area (Å²) in [4.78, 5) is 71.2. The van der Waals surface area contributed by atoms with E-state index in [2.05, 4.69) is 20.9 Å². The van der Waals surface area contributed by atoms with Crippen LogP contribution >= 0.6 is 11.6 Å². The number of nitrogens with one attached hydrogen (secondary N) is 3. The first-order valence-electron chi connectivity index (χ1n) is 16.0. The van der Waals surface area contributed by atoms with Crippen LogP contribution in [0.15, 0.2) is 30.5 Å². The van der Waals surface area contributed by atoms with E-state index in [9.17, 15) is 29.1 Å². The van der Waals surface area contributed by atoms with Crippen LogP contribution in [0.2, 0.25) is 5.02 Å². The molecule has 13 heteroatoms. The highest BCUT2D eigenvalue weighted by Crippen LogP contribution is 2.37. The number of halogens is 1. The van der Waals surface area contributed by atoms with Crippen molar-refractivity contribution in [2.24, 2.45) is 11.8 Å². The van der Waals surface area contributed by atoms with Crippen LogP contribution in [0, 0.1) is 11.8 Å². The Kier molecular flexibility index (Phi) is 10.0. The predicted octanol–water partition coefficient (Wildman–Crippen LogP) is 3.20. The molecule has 1 aromatic carbocycles. The normalized spacial score (nSPS) is 22.2. The molecule has 12 nitrogen and oxygen atoms in total. The zero-order valence-corrected chi connectivity index (χ0v) is 27.1. The number of aromatic nitrogens is 1. The summed E-state index contributed by atoms with van der Waals surface area (Å²) in [7, 11) is 0. The zero-order valence-electron chi connectivity index (χ0n) is 26.4. The third-order valence-electron chi connectivity index (χ3n) is 9.32. The Hall–Kier alpha value is -3.93. The van der Waals surface area contributed by atoms with Crippen LogP contribution < -0.4 is 20.7 Å². The van der Waals surface area contributed by atoms with Crippen molar-refractivity contribution in [3.8, 4) is 5.75 Å². The quantitative estimate of drug-likeness (QED) is 0.286. The number of carbonyl (C=O) groups is 5. The Morgan fingerprint density at radius 1 is 1.07 bits per heavy atom. The number of aliphatic carboxylic acids is 1. The van der Waals surface area contributed by atoms with Gasteiger partial charge in [0.1, 0.15) is 35.5 Å². The summed E-state index contributed by atoms with van der Waals surface area (Å²) < 4.78 is 6.36. The van der Waals surface area contributed by atoms with Gasteiger partial charge in [0.2, 0.25) is 23.6 Å². The van der Waals surface area contributed by atoms with Crippen molar-refractivity contribution in [2.75, 3.05) is 6.54 Å². The first kappa shape index (κ1) is 33.4. The van der Waals surface area contributed by atoms with E-state index in [0.717, 1.165) is 32.1 Å². The number of pyridine rings is 1. The van der Waals surface area contributed by atoms with Gasteiger partial charge in [0, 0.05) is 30.0 Å². The standard InChI is InChI=1S/C33H42ClN5O7/c1-18(2)27(37-30(42)28(36-19(3)40)20-7-5-4-6-8-20)31(43)39-17-22(16-25(39)29(41)38-33(12-13-33)32(44)45)46-26-11-14-35-24-15-21(34)9-10-23(24)26/h9-11,14-15,18,20,22,25,27-28H,4-8,12-13,16-17H2,1-3H3,(H,36,40)(H,37,42)(H,38,41)(H,44,45)/t22-,25+,27+,28+/m1/s1. The van der Waals surface area contributed by atoms with Crippen LogP contribution in [-0.2, 0) is 24.0 Å². The molecule has 0 spiro atoms. The van der Waals surface area contributed by atoms with Crippen LogP contribution in [0.3, 0.4) is 0 Å². The lowest BCUT2D eigenvalue weighted by Gasteiger charge is -2.34. The number of carboxylic acid groups (broad SMARTS) is 1. The fourth-order valence-electron chi connectivity index (χ4n) is 6.61. The minimum Gasteiger partial charge on any atom is -0.488 e. The number of benzene rings is 1. The zero-order chi connectivity index (χ0) is 33.2. The monoisotopic (exact) mass is 655 g/mol. The lowest BCUT2D eigenvalue weighted by molar-refractivity contribution is -0.146. The second-order valence-electron chi connectivity index (χ2n) is 13.1. The number of carboxylic acids is 1. The molecule has 4 N–H and O–H groups in total. The lowest BCUT2D eigenvalue weighted by Crippen LogP contribution is -2.60. The largest absolute Gasteiger partial charge is 0.488 e. The number of likely N-dealkylation sites (tertiary alicyclic amines) is 1. The van der Waals surface area contributed by atoms with E-state index in [1.54, 1.807) is 44.3 Å². The number of hydrogen-bond donors (Lipinski definition) is 4. The summed E-state index contributed by atoms with van der Waals surface area (Å²) in [5.41, 5.74) is -0.723. The van der Waals surface area contributed by atoms with Gasteiger partial charge in [-0.3, -0.25) is 24.2 Å². The van der Waals surface area contributed by atoms with Crippen LogP contribution in [0.4, 0.5) is 0 Å². The highest BCUT2D eigenvalue weighted by Gasteiger charge is 2.54. The first-order valence-corrected chi connectivity index (χ1v) is 16.4. The predicted molar refractivity (Wildman–Crippen MR) is 170 cm³/mol. The van der Waals surface area contributed by atoms with E-state index in [1.807, 2.05) is 0 Å². The molecule has 1 saturated heterocycles. The van der Waals surface area contributed by atoms with Crippen molar-refractivity contribution in [3.63, 3.8) is 0 Å². The Bertz CT molecular complexity index is 1510. The number of hydrogen-bond acceptors (Lipinski definition) is 7. The van der Waals surface area contributed by atoms with E-state index >= 15 is 0 Å². The molecule has 5 rings (SSSR count). The SMILES string of the molecule is CC(=O)N[C@H](C(=O)N[C@H](C(=O)N1C[C@H](Oc2ccnc3cc(Cl)ccc23)C[C@H]1C(=O)NC1(C(=O)O)CC1)C(C)C)C1CCCCC1. The van der Waals surface area contributed by atoms with Gasteiger partial charge >= 0.3 is 5.97 Å². The van der Waals surface area contributed by atoms with Gasteiger partial charge in [0.05, 0.1) is 12.1 Å². The van der Waals surface area contributed by atoms with Crippen molar-refractivity contribution < 1.29 is 33.8 Å². The molecule has 46 heavy (non-hydrogen) atoms. The Morgan fingerprint density at radius 2 is 1.78 bits per heavy atom. The number of ether oxygens (including phenoxy) is 1. The molecular formula is C33H42ClN5O7. The Labute approximate surface area is 273 Å². The Morgan fingerprint density at radius 3 is 2.41 bits per heavy atom. The molecule has 3 fully saturated rings. The number of nitrogens with zero attached hydrogens (tertiary/aromatic N) is 2. The summed E-state index contributed by atoms with van der Waals surface area (Å²) in [6.45, 7) is 5.00. The molecule has 0 bridgehead atoms. The lowest BCUT2D eigenvalue weighted by atomic mass is 9.83. The van der Waals surface area contributed by atoms with Crippen molar-refractivity contribution in [3.05, 3.63) is 35.5 Å². The molecule has 1 aliphatic heterocycles. The van der Waals surface area contributed by atoms with Gasteiger partial charge < -0.3 is 30.7 Å². The summed E-state index contributed by atoms with van der Waals surface area (Å²) >= 11 is 6.15. The molecule has 2 aromatic rings. The average Bonchev–Trinajstić information content (AvgIpc) is 3.68. The van der Waals surface area contributed by atoms with Gasteiger partial charge in [-0.15, -0.1) is 0 Å². The van der Waals surface area contributed by atoms with Gasteiger partial charge in [-0.1, -0.05) is 44.7 Å². The highest BCUT2D eigenvalue weighted by atomic mass is 35.5. The molecule has 1 aromatic heterocycles. The number of fused-ring (bicyclic) bond motifs is 1. The van der Waals surface area contributed by atoms with Gasteiger partial charge in [-0.05, 0) is 61.8 Å². The molecule has 0 unspecified atom stereocenters. The molecular weight excluding hydrogens is 614 g/mol. The number of amides is 4. The number of rotatable bonds is 11. The van der Waals surface area contributed by atoms with E-state index in [4.69, 9.17) is 16.3 Å². The molecule has 0 radical (unpaired) electrons. The summed E-state index contributed by atoms with van der Waals surface area (Å²) in [6, 6.07) is 4.11. The minimum atomic E-state index is -1.34. The minimum absolute atomic E-state index is 0.0330. The maximum atomic E-state index is 14.3. The smallest absolute Gasteiger partial charge is 0.329 e. The molecule has 248 valence electrons. The highest BCUT2D eigenvalue weighted by molar-refractivity contribution is 6.31. The van der Waals surface area contributed by atoms with Gasteiger partial charge in [0.25, 0.3) is 0 Å². The van der Waals surface area contributed by atoms with Gasteiger partial charge in [-0.25, -0.2) is 4.79 Å². The molecule has 3 aliphatic rings. The molecule has 2 heterocycles. The molecule has 4 atom stereocenters. The second-order valence-corrected chi connectivity index (χ2v) is 13.6. The maximum absolute atomic E-state index is 14.3. The summed E-state index contributed by atoms with van der Waals surface area (Å²) in [5.74, 6) is -2.84. The van der Waals surface area contributed by atoms with Crippen molar-refractivity contribution in [2.45, 2.75) is 102 Å². The fraction of sp³-hybridized carbons (Fsp3) is 0.576. The van der Waals surface area contributed by atoms with Crippen LogP contribution in [0.25, 0.3) is 10.9 Å². The third-order valence-corrected chi connectivity index (χ3v) is 9.56. The molecule has 2 saturated carbocycles.